The van der Waals surface area contributed by atoms with Gasteiger partial charge in [0.2, 0.25) is 0 Å². The van der Waals surface area contributed by atoms with Crippen molar-refractivity contribution in [1.29, 1.82) is 0 Å². The summed E-state index contributed by atoms with van der Waals surface area (Å²) in [5.41, 5.74) is 2.62. The number of hydrogen-bond donors (Lipinski definition) is 2. The Morgan fingerprint density at radius 2 is 1.61 bits per heavy atom. The Morgan fingerprint density at radius 3 is 2.09 bits per heavy atom. The summed E-state index contributed by atoms with van der Waals surface area (Å²) in [6.07, 6.45) is 1.48. The summed E-state index contributed by atoms with van der Waals surface area (Å²) in [6, 6.07) is 11.5. The van der Waals surface area contributed by atoms with Crippen LogP contribution in [0.15, 0.2) is 42.6 Å². The Bertz CT molecular complexity index is 739. The van der Waals surface area contributed by atoms with E-state index in [1.165, 1.54) is 25.9 Å². The Morgan fingerprint density at radius 1 is 1.00 bits per heavy atom. The van der Waals surface area contributed by atoms with Crippen molar-refractivity contribution in [2.45, 2.75) is 19.8 Å². The Hall–Kier alpha value is -2.12. The number of nitrogens with one attached hydrogen (secondary N) is 2. The molecule has 6 nitrogen and oxygen atoms in total. The van der Waals surface area contributed by atoms with E-state index in [2.05, 4.69) is 41.0 Å². The maximum absolute atomic E-state index is 11.7. The van der Waals surface area contributed by atoms with Crippen molar-refractivity contribution in [3.8, 4) is 0 Å². The molecule has 0 atom stereocenters. The van der Waals surface area contributed by atoms with E-state index < -0.39 is 10.2 Å². The highest BCUT2D eigenvalue weighted by Crippen LogP contribution is 2.20. The number of rotatable bonds is 6. The van der Waals surface area contributed by atoms with Gasteiger partial charge in [0, 0.05) is 19.8 Å². The Balaban J connectivity index is 2.05. The van der Waals surface area contributed by atoms with E-state index in [4.69, 9.17) is 0 Å². The molecule has 0 amide bonds. The molecule has 0 unspecified atom stereocenters. The zero-order valence-electron chi connectivity index (χ0n) is 13.7. The van der Waals surface area contributed by atoms with Crippen LogP contribution in [0.2, 0.25) is 0 Å². The molecule has 0 bridgehead atoms. The zero-order valence-corrected chi connectivity index (χ0v) is 14.6. The number of benzene rings is 1. The molecule has 0 aliphatic heterocycles. The molecule has 7 heteroatoms. The first-order valence-electron chi connectivity index (χ1n) is 7.31. The SMILES string of the molecule is CC(C)c1ccc(Nc2ccc(NS(=O)(=O)N(C)C)cn2)cc1. The van der Waals surface area contributed by atoms with Crippen molar-refractivity contribution >= 4 is 27.4 Å². The number of aromatic nitrogens is 1. The van der Waals surface area contributed by atoms with Gasteiger partial charge in [-0.25, -0.2) is 4.98 Å². The summed E-state index contributed by atoms with van der Waals surface area (Å²) in [5.74, 6) is 1.14. The average Bonchev–Trinajstić information content (AvgIpc) is 2.49. The van der Waals surface area contributed by atoms with Crippen LogP contribution in [0.5, 0.6) is 0 Å². The lowest BCUT2D eigenvalue weighted by Gasteiger charge is -2.13. The van der Waals surface area contributed by atoms with Gasteiger partial charge in [0.15, 0.2) is 0 Å². The fourth-order valence-electron chi connectivity index (χ4n) is 1.87. The van der Waals surface area contributed by atoms with E-state index in [0.29, 0.717) is 17.4 Å². The molecule has 23 heavy (non-hydrogen) atoms. The third-order valence-corrected chi connectivity index (χ3v) is 4.80. The zero-order chi connectivity index (χ0) is 17.0. The van der Waals surface area contributed by atoms with Crippen molar-refractivity contribution in [2.75, 3.05) is 24.1 Å². The van der Waals surface area contributed by atoms with Gasteiger partial charge in [0.25, 0.3) is 0 Å². The van der Waals surface area contributed by atoms with Crippen molar-refractivity contribution in [3.63, 3.8) is 0 Å². The first-order chi connectivity index (χ1) is 10.8. The predicted molar refractivity (Wildman–Crippen MR) is 94.3 cm³/mol. The average molecular weight is 334 g/mol. The molecule has 0 radical (unpaired) electrons. The van der Waals surface area contributed by atoms with Crippen molar-refractivity contribution in [3.05, 3.63) is 48.2 Å². The normalized spacial score (nSPS) is 11.7. The molecule has 0 fully saturated rings. The molecule has 1 aromatic carbocycles. The van der Waals surface area contributed by atoms with Gasteiger partial charge in [-0.2, -0.15) is 12.7 Å². The minimum atomic E-state index is -3.51. The van der Waals surface area contributed by atoms with Crippen LogP contribution >= 0.6 is 0 Å². The summed E-state index contributed by atoms with van der Waals surface area (Å²) >= 11 is 0. The van der Waals surface area contributed by atoms with Crippen molar-refractivity contribution in [2.24, 2.45) is 0 Å². The Kier molecular flexibility index (Phi) is 5.23. The van der Waals surface area contributed by atoms with Crippen LogP contribution in [0.25, 0.3) is 0 Å². The highest BCUT2D eigenvalue weighted by molar-refractivity contribution is 7.90. The molecule has 2 rings (SSSR count). The van der Waals surface area contributed by atoms with E-state index in [9.17, 15) is 8.42 Å². The minimum Gasteiger partial charge on any atom is -0.340 e. The molecule has 0 saturated carbocycles. The molecule has 0 aliphatic rings. The van der Waals surface area contributed by atoms with Crippen LogP contribution in [-0.2, 0) is 10.2 Å². The van der Waals surface area contributed by atoms with E-state index in [0.717, 1.165) is 9.99 Å². The van der Waals surface area contributed by atoms with Crippen LogP contribution in [0.4, 0.5) is 17.2 Å². The largest absolute Gasteiger partial charge is 0.340 e. The minimum absolute atomic E-state index is 0.416. The first-order valence-corrected chi connectivity index (χ1v) is 8.75. The van der Waals surface area contributed by atoms with Crippen LogP contribution in [-0.4, -0.2) is 31.8 Å². The summed E-state index contributed by atoms with van der Waals surface area (Å²) in [4.78, 5) is 4.22. The fraction of sp³-hybridized carbons (Fsp3) is 0.312. The molecule has 2 N–H and O–H groups in total. The molecule has 0 saturated heterocycles. The van der Waals surface area contributed by atoms with E-state index in [-0.39, 0.29) is 0 Å². The second kappa shape index (κ2) is 6.97. The topological polar surface area (TPSA) is 74.3 Å². The molecule has 0 spiro atoms. The summed E-state index contributed by atoms with van der Waals surface area (Å²) in [5, 5.41) is 3.18. The Labute approximate surface area is 137 Å². The summed E-state index contributed by atoms with van der Waals surface area (Å²) in [7, 11) is -0.583. The molecule has 0 aliphatic carbocycles. The number of pyridine rings is 1. The maximum Gasteiger partial charge on any atom is 0.301 e. The smallest absolute Gasteiger partial charge is 0.301 e. The first kappa shape index (κ1) is 17.2. The van der Waals surface area contributed by atoms with Crippen LogP contribution in [0, 0.1) is 0 Å². The van der Waals surface area contributed by atoms with E-state index in [1.807, 2.05) is 12.1 Å². The molecule has 124 valence electrons. The summed E-state index contributed by atoms with van der Waals surface area (Å²) < 4.78 is 27.0. The van der Waals surface area contributed by atoms with Crippen molar-refractivity contribution < 1.29 is 8.42 Å². The van der Waals surface area contributed by atoms with Gasteiger partial charge in [-0.15, -0.1) is 0 Å². The third-order valence-electron chi connectivity index (χ3n) is 3.34. The van der Waals surface area contributed by atoms with Gasteiger partial charge in [0.05, 0.1) is 11.9 Å². The van der Waals surface area contributed by atoms with E-state index >= 15 is 0 Å². The second-order valence-electron chi connectivity index (χ2n) is 5.72. The molecule has 2 aromatic rings. The van der Waals surface area contributed by atoms with Crippen LogP contribution in [0.1, 0.15) is 25.3 Å². The van der Waals surface area contributed by atoms with Gasteiger partial charge in [-0.1, -0.05) is 26.0 Å². The monoisotopic (exact) mass is 334 g/mol. The van der Waals surface area contributed by atoms with Crippen LogP contribution in [0.3, 0.4) is 0 Å². The highest BCUT2D eigenvalue weighted by atomic mass is 32.2. The standard InChI is InChI=1S/C16H22N4O2S/c1-12(2)13-5-7-14(8-6-13)18-16-10-9-15(11-17-16)19-23(21,22)20(3)4/h5-12,19H,1-4H3,(H,17,18). The van der Waals surface area contributed by atoms with Gasteiger partial charge in [0.1, 0.15) is 5.82 Å². The van der Waals surface area contributed by atoms with Gasteiger partial charge in [-0.3, -0.25) is 4.72 Å². The lowest BCUT2D eigenvalue weighted by molar-refractivity contribution is 0.527. The third kappa shape index (κ3) is 4.67. The van der Waals surface area contributed by atoms with Crippen LogP contribution < -0.4 is 10.0 Å². The number of anilines is 3. The maximum atomic E-state index is 11.7. The number of hydrogen-bond acceptors (Lipinski definition) is 4. The summed E-state index contributed by atoms with van der Waals surface area (Å²) in [6.45, 7) is 4.30. The lowest BCUT2D eigenvalue weighted by Crippen LogP contribution is -2.28. The van der Waals surface area contributed by atoms with Gasteiger partial charge < -0.3 is 5.32 Å². The quantitative estimate of drug-likeness (QED) is 0.851. The number of nitrogens with zero attached hydrogens (tertiary/aromatic N) is 2. The van der Waals surface area contributed by atoms with E-state index in [1.54, 1.807) is 12.1 Å². The molecular weight excluding hydrogens is 312 g/mol. The predicted octanol–water partition coefficient (Wildman–Crippen LogP) is 3.17. The molecule has 1 aromatic heterocycles. The van der Waals surface area contributed by atoms with Gasteiger partial charge >= 0.3 is 10.2 Å². The van der Waals surface area contributed by atoms with Gasteiger partial charge in [-0.05, 0) is 35.7 Å². The fourth-order valence-corrected chi connectivity index (χ4v) is 2.47. The second-order valence-corrected chi connectivity index (χ2v) is 7.61. The lowest BCUT2D eigenvalue weighted by atomic mass is 10.0. The highest BCUT2D eigenvalue weighted by Gasteiger charge is 2.12. The molecule has 1 heterocycles. The van der Waals surface area contributed by atoms with Crippen molar-refractivity contribution in [1.82, 2.24) is 9.29 Å². The molecular formula is C16H22N4O2S.